The molecule has 0 radical (unpaired) electrons. The van der Waals surface area contributed by atoms with Crippen molar-refractivity contribution in [3.8, 4) is 0 Å². The van der Waals surface area contributed by atoms with Gasteiger partial charge in [0.15, 0.2) is 5.65 Å². The number of carbonyl (C=O) groups is 1. The molecule has 3 heterocycles. The van der Waals surface area contributed by atoms with Crippen LogP contribution >= 0.6 is 11.3 Å². The minimum Gasteiger partial charge on any atom is -0.353 e. The third-order valence-electron chi connectivity index (χ3n) is 6.71. The van der Waals surface area contributed by atoms with E-state index in [9.17, 15) is 9.59 Å². The van der Waals surface area contributed by atoms with Crippen molar-refractivity contribution >= 4 is 28.4 Å². The summed E-state index contributed by atoms with van der Waals surface area (Å²) in [7, 11) is 1.81. The Kier molecular flexibility index (Phi) is 9.14. The van der Waals surface area contributed by atoms with Gasteiger partial charge in [-0.2, -0.15) is 0 Å². The minimum atomic E-state index is -0.0259. The molecule has 3 aromatic heterocycles. The van der Waals surface area contributed by atoms with Crippen molar-refractivity contribution in [3.05, 3.63) is 43.9 Å². The number of hydrogen-bond donors (Lipinski definition) is 1. The molecule has 2 unspecified atom stereocenters. The van der Waals surface area contributed by atoms with Crippen molar-refractivity contribution in [2.24, 2.45) is 12.5 Å². The van der Waals surface area contributed by atoms with Crippen LogP contribution in [0.2, 0.25) is 0 Å². The Hall–Kier alpha value is -2.48. The molecule has 0 aromatic carbocycles. The summed E-state index contributed by atoms with van der Waals surface area (Å²) < 4.78 is 3.51. The Morgan fingerprint density at radius 2 is 1.89 bits per heavy atom. The maximum atomic E-state index is 13.0. The smallest absolute Gasteiger partial charge is 0.330 e. The Morgan fingerprint density at radius 1 is 1.17 bits per heavy atom. The van der Waals surface area contributed by atoms with Crippen LogP contribution in [0, 0.1) is 19.3 Å². The van der Waals surface area contributed by atoms with Gasteiger partial charge in [0.1, 0.15) is 0 Å². The first-order valence-corrected chi connectivity index (χ1v) is 14.0. The zero-order valence-corrected chi connectivity index (χ0v) is 24.1. The van der Waals surface area contributed by atoms with E-state index in [0.29, 0.717) is 13.0 Å². The molecule has 8 heteroatoms. The molecular weight excluding hydrogens is 470 g/mol. The number of hydrogen-bond acceptors (Lipinski definition) is 5. The van der Waals surface area contributed by atoms with Gasteiger partial charge < -0.3 is 5.32 Å². The number of rotatable bonds is 11. The molecule has 1 N–H and O–H groups in total. The van der Waals surface area contributed by atoms with Crippen molar-refractivity contribution in [2.75, 3.05) is 0 Å². The molecule has 0 saturated heterocycles. The number of nitrogens with one attached hydrogen (secondary N) is 1. The highest BCUT2D eigenvalue weighted by molar-refractivity contribution is 7.11. The molecule has 0 aliphatic heterocycles. The Labute approximate surface area is 219 Å². The molecule has 0 fully saturated rings. The number of pyridine rings is 1. The first-order chi connectivity index (χ1) is 16.9. The average Bonchev–Trinajstić information content (AvgIpc) is 3.24. The zero-order valence-electron chi connectivity index (χ0n) is 23.3. The number of fused-ring (bicyclic) bond motifs is 1. The van der Waals surface area contributed by atoms with Gasteiger partial charge in [-0.15, -0.1) is 11.3 Å². The van der Waals surface area contributed by atoms with Gasteiger partial charge in [0.2, 0.25) is 5.91 Å². The molecule has 3 aromatic rings. The van der Waals surface area contributed by atoms with Gasteiger partial charge in [0.05, 0.1) is 22.6 Å². The van der Waals surface area contributed by atoms with E-state index in [1.54, 1.807) is 23.0 Å². The lowest BCUT2D eigenvalue weighted by Gasteiger charge is -2.24. The quantitative estimate of drug-likeness (QED) is 0.359. The highest BCUT2D eigenvalue weighted by Crippen LogP contribution is 2.29. The largest absolute Gasteiger partial charge is 0.353 e. The molecule has 2 atom stereocenters. The molecule has 0 spiro atoms. The first-order valence-electron chi connectivity index (χ1n) is 13.2. The number of aromatic nitrogens is 4. The summed E-state index contributed by atoms with van der Waals surface area (Å²) in [6, 6.07) is 4.21. The van der Waals surface area contributed by atoms with Crippen LogP contribution in [0.15, 0.2) is 16.9 Å². The predicted octanol–water partition coefficient (Wildman–Crippen LogP) is 5.66. The zero-order chi connectivity index (χ0) is 26.6. The lowest BCUT2D eigenvalue weighted by Crippen LogP contribution is -2.36. The molecule has 1 amide bonds. The summed E-state index contributed by atoms with van der Waals surface area (Å²) >= 11 is 1.60. The Bertz CT molecular complexity index is 1250. The molecule has 0 saturated carbocycles. The highest BCUT2D eigenvalue weighted by Gasteiger charge is 2.23. The summed E-state index contributed by atoms with van der Waals surface area (Å²) in [6.07, 6.45) is 5.27. The second-order valence-corrected chi connectivity index (χ2v) is 12.5. The summed E-state index contributed by atoms with van der Waals surface area (Å²) in [5, 5.41) is 4.26. The molecule has 0 aliphatic carbocycles. The van der Waals surface area contributed by atoms with E-state index in [2.05, 4.69) is 57.1 Å². The Morgan fingerprint density at radius 3 is 2.47 bits per heavy atom. The van der Waals surface area contributed by atoms with Gasteiger partial charge in [-0.3, -0.25) is 13.9 Å². The summed E-state index contributed by atoms with van der Waals surface area (Å²) in [6.45, 7) is 15.3. The second kappa shape index (κ2) is 11.7. The van der Waals surface area contributed by atoms with Crippen LogP contribution in [0.25, 0.3) is 11.2 Å². The topological polar surface area (TPSA) is 81.8 Å². The van der Waals surface area contributed by atoms with Crippen LogP contribution in [-0.4, -0.2) is 31.1 Å². The molecule has 0 aliphatic rings. The van der Waals surface area contributed by atoms with Crippen molar-refractivity contribution in [1.29, 1.82) is 0 Å². The third-order valence-corrected chi connectivity index (χ3v) is 7.78. The average molecular weight is 514 g/mol. The SMILES string of the molecule is CCCCC(CC(CC)NC(=O)Cc1sc(C)nc1C)c1ccc2c(n1)n(C)c(=O)n2CC(C)(C)C. The van der Waals surface area contributed by atoms with Crippen LogP contribution in [0.5, 0.6) is 0 Å². The van der Waals surface area contributed by atoms with Gasteiger partial charge in [-0.25, -0.2) is 14.8 Å². The van der Waals surface area contributed by atoms with Gasteiger partial charge >= 0.3 is 5.69 Å². The van der Waals surface area contributed by atoms with Gasteiger partial charge in [0.25, 0.3) is 0 Å². The van der Waals surface area contributed by atoms with Crippen molar-refractivity contribution in [1.82, 2.24) is 24.4 Å². The number of aryl methyl sites for hydroxylation is 3. The second-order valence-electron chi connectivity index (χ2n) is 11.2. The van der Waals surface area contributed by atoms with Crippen LogP contribution < -0.4 is 11.0 Å². The van der Waals surface area contributed by atoms with Crippen LogP contribution in [0.3, 0.4) is 0 Å². The van der Waals surface area contributed by atoms with Gasteiger partial charge in [0, 0.05) is 36.1 Å². The lowest BCUT2D eigenvalue weighted by molar-refractivity contribution is -0.121. The van der Waals surface area contributed by atoms with E-state index in [-0.39, 0.29) is 29.0 Å². The van der Waals surface area contributed by atoms with E-state index < -0.39 is 0 Å². The minimum absolute atomic E-state index is 0.0105. The van der Waals surface area contributed by atoms with E-state index >= 15 is 0 Å². The maximum absolute atomic E-state index is 13.0. The predicted molar refractivity (Wildman–Crippen MR) is 149 cm³/mol. The van der Waals surface area contributed by atoms with Crippen molar-refractivity contribution < 1.29 is 4.79 Å². The van der Waals surface area contributed by atoms with Crippen LogP contribution in [-0.2, 0) is 24.8 Å². The van der Waals surface area contributed by atoms with E-state index in [0.717, 1.165) is 64.5 Å². The fourth-order valence-electron chi connectivity index (χ4n) is 4.81. The molecule has 7 nitrogen and oxygen atoms in total. The third kappa shape index (κ3) is 6.84. The van der Waals surface area contributed by atoms with Crippen LogP contribution in [0.4, 0.5) is 0 Å². The number of nitrogens with zero attached hydrogens (tertiary/aromatic N) is 4. The number of thiazole rings is 1. The van der Waals surface area contributed by atoms with Gasteiger partial charge in [-0.05, 0) is 50.7 Å². The van der Waals surface area contributed by atoms with Crippen LogP contribution in [0.1, 0.15) is 93.9 Å². The fourth-order valence-corrected chi connectivity index (χ4v) is 5.75. The van der Waals surface area contributed by atoms with E-state index in [1.165, 1.54) is 0 Å². The first kappa shape index (κ1) is 28.1. The van der Waals surface area contributed by atoms with Gasteiger partial charge in [-0.1, -0.05) is 47.5 Å². The normalized spacial score (nSPS) is 13.8. The monoisotopic (exact) mass is 513 g/mol. The molecule has 0 bridgehead atoms. The number of unbranched alkanes of at least 4 members (excludes halogenated alkanes) is 1. The molecule has 36 heavy (non-hydrogen) atoms. The molecule has 3 rings (SSSR count). The van der Waals surface area contributed by atoms with Crippen molar-refractivity contribution in [3.63, 3.8) is 0 Å². The fraction of sp³-hybridized carbons (Fsp3) is 0.643. The summed E-state index contributed by atoms with van der Waals surface area (Å²) in [4.78, 5) is 36.3. The summed E-state index contributed by atoms with van der Waals surface area (Å²) in [5.41, 5.74) is 3.53. The van der Waals surface area contributed by atoms with E-state index in [1.807, 2.05) is 18.4 Å². The molecular formula is C28H43N5O2S. The highest BCUT2D eigenvalue weighted by atomic mass is 32.1. The molecule has 198 valence electrons. The lowest BCUT2D eigenvalue weighted by atomic mass is 9.90. The number of carbonyl (C=O) groups excluding carboxylic acids is 1. The number of amides is 1. The Balaban J connectivity index is 1.83. The maximum Gasteiger partial charge on any atom is 0.330 e. The standard InChI is InChI=1S/C28H43N5O2S/c1-9-11-12-20(15-21(10-2)30-25(34)16-24-18(3)29-19(4)36-24)22-13-14-23-26(31-22)32(8)27(35)33(23)17-28(5,6)7/h13-14,20-21H,9-12,15-17H2,1-8H3,(H,30,34). The van der Waals surface area contributed by atoms with E-state index in [4.69, 9.17) is 4.98 Å². The van der Waals surface area contributed by atoms with Crippen molar-refractivity contribution in [2.45, 2.75) is 105 Å². The summed E-state index contributed by atoms with van der Waals surface area (Å²) in [5.74, 6) is 0.265. The number of imidazole rings is 1.